The third-order valence-electron chi connectivity index (χ3n) is 11.0. The number of rotatable bonds is 48. The molecule has 0 saturated carbocycles. The molecule has 1 N–H and O–H groups in total. The second-order valence-electron chi connectivity index (χ2n) is 17.5. The first-order valence-electron chi connectivity index (χ1n) is 27.7. The van der Waals surface area contributed by atoms with Crippen molar-refractivity contribution in [1.82, 2.24) is 0 Å². The number of allylic oxidation sites excluding steroid dienone is 28. The Morgan fingerprint density at radius 2 is 0.571 bits per heavy atom. The molecule has 0 heterocycles. The zero-order valence-corrected chi connectivity index (χ0v) is 44.5. The molecule has 0 aliphatic carbocycles. The molecule has 0 fully saturated rings. The van der Waals surface area contributed by atoms with Gasteiger partial charge in [-0.15, -0.1) is 0 Å². The Hall–Kier alpha value is -4.74. The van der Waals surface area contributed by atoms with E-state index in [1.54, 1.807) is 0 Å². The van der Waals surface area contributed by atoms with Gasteiger partial charge in [0, 0.05) is 12.8 Å². The summed E-state index contributed by atoms with van der Waals surface area (Å²) in [6.45, 7) is 3.87. The molecule has 390 valence electrons. The monoisotopic (exact) mass is 961 g/mol. The zero-order valence-electron chi connectivity index (χ0n) is 44.5. The van der Waals surface area contributed by atoms with Gasteiger partial charge in [-0.25, -0.2) is 0 Å². The second kappa shape index (κ2) is 58.6. The first-order chi connectivity index (χ1) is 34.6. The highest BCUT2D eigenvalue weighted by Crippen LogP contribution is 2.13. The highest BCUT2D eigenvalue weighted by Gasteiger charge is 2.16. The predicted octanol–water partition coefficient (Wildman–Crippen LogP) is 19.0. The van der Waals surface area contributed by atoms with Crippen LogP contribution in [0.3, 0.4) is 0 Å². The van der Waals surface area contributed by atoms with Gasteiger partial charge in [0.2, 0.25) is 0 Å². The van der Waals surface area contributed by atoms with Gasteiger partial charge >= 0.3 is 11.9 Å². The lowest BCUT2D eigenvalue weighted by atomic mass is 10.1. The molecule has 0 aromatic heterocycles. The van der Waals surface area contributed by atoms with Crippen LogP contribution < -0.4 is 0 Å². The number of hydrogen-bond donors (Lipinski definition) is 1. The minimum Gasteiger partial charge on any atom is -0.462 e. The quantitative estimate of drug-likeness (QED) is 0.0374. The minimum atomic E-state index is -0.808. The first kappa shape index (κ1) is 65.3. The van der Waals surface area contributed by atoms with Crippen LogP contribution in [0.4, 0.5) is 0 Å². The molecule has 70 heavy (non-hydrogen) atoms. The van der Waals surface area contributed by atoms with Crippen molar-refractivity contribution in [1.29, 1.82) is 0 Å². The standard InChI is InChI=1S/C65H100O5/c1-3-5-7-9-11-13-15-17-19-21-23-25-27-29-30-31-32-33-34-36-38-40-42-44-46-48-50-52-54-56-58-60-65(68)70-63(61-66)62-69-64(67)59-57-55-53-51-49-47-45-43-41-39-37-35-28-26-24-22-20-18-16-14-12-10-8-6-4-2/h5-8,11-14,17-20,23-26,29-30,32-33,35-38,42,44,48,50,63,66H,3-4,9-10,15-16,21-22,27-28,31,34,39-41,43,45-47,49,51-62H2,1-2H3/b7-5-,8-6-,13-11-,14-12-,19-17-,20-18-,25-23-,26-24-,30-29-,33-32-,37-35-,38-36-,44-42-,50-48-. The molecule has 1 atom stereocenters. The number of hydrogen-bond acceptors (Lipinski definition) is 5. The third-order valence-corrected chi connectivity index (χ3v) is 11.0. The molecule has 0 saturated heterocycles. The van der Waals surface area contributed by atoms with Crippen LogP contribution >= 0.6 is 0 Å². The van der Waals surface area contributed by atoms with Crippen molar-refractivity contribution in [3.05, 3.63) is 170 Å². The highest BCUT2D eigenvalue weighted by molar-refractivity contribution is 5.70. The van der Waals surface area contributed by atoms with Crippen LogP contribution in [0.5, 0.6) is 0 Å². The number of esters is 2. The van der Waals surface area contributed by atoms with Crippen molar-refractivity contribution in [2.75, 3.05) is 13.2 Å². The van der Waals surface area contributed by atoms with Gasteiger partial charge in [0.05, 0.1) is 6.61 Å². The molecule has 0 amide bonds. The number of aliphatic hydroxyl groups is 1. The number of aliphatic hydroxyl groups excluding tert-OH is 1. The summed E-state index contributed by atoms with van der Waals surface area (Å²) in [7, 11) is 0. The van der Waals surface area contributed by atoms with Crippen molar-refractivity contribution in [3.8, 4) is 0 Å². The maximum atomic E-state index is 12.3. The van der Waals surface area contributed by atoms with Gasteiger partial charge in [-0.1, -0.05) is 235 Å². The molecule has 0 bridgehead atoms. The Labute approximate surface area is 430 Å². The molecule has 0 radical (unpaired) electrons. The van der Waals surface area contributed by atoms with E-state index in [1.807, 2.05) is 0 Å². The average Bonchev–Trinajstić information content (AvgIpc) is 3.36. The van der Waals surface area contributed by atoms with Gasteiger partial charge in [0.1, 0.15) is 6.61 Å². The van der Waals surface area contributed by atoms with Crippen LogP contribution in [0.15, 0.2) is 170 Å². The fraction of sp³-hybridized carbons (Fsp3) is 0.538. The Kier molecular flexibility index (Phi) is 54.6. The van der Waals surface area contributed by atoms with Crippen LogP contribution in [0.1, 0.15) is 206 Å². The molecule has 0 spiro atoms. The van der Waals surface area contributed by atoms with E-state index < -0.39 is 6.10 Å². The van der Waals surface area contributed by atoms with Gasteiger partial charge in [-0.3, -0.25) is 9.59 Å². The van der Waals surface area contributed by atoms with Gasteiger partial charge in [-0.2, -0.15) is 0 Å². The van der Waals surface area contributed by atoms with E-state index in [1.165, 1.54) is 38.5 Å². The summed E-state index contributed by atoms with van der Waals surface area (Å²) >= 11 is 0. The summed E-state index contributed by atoms with van der Waals surface area (Å²) in [5.41, 5.74) is 0. The predicted molar refractivity (Wildman–Crippen MR) is 306 cm³/mol. The molecule has 1 unspecified atom stereocenters. The molecular weight excluding hydrogens is 861 g/mol. The fourth-order valence-electron chi connectivity index (χ4n) is 6.93. The van der Waals surface area contributed by atoms with Crippen molar-refractivity contribution in [3.63, 3.8) is 0 Å². The molecule has 0 aromatic carbocycles. The maximum Gasteiger partial charge on any atom is 0.306 e. The van der Waals surface area contributed by atoms with Crippen LogP contribution in [-0.2, 0) is 19.1 Å². The molecule has 0 aliphatic rings. The van der Waals surface area contributed by atoms with Crippen LogP contribution in [0, 0.1) is 0 Å². The zero-order chi connectivity index (χ0) is 50.6. The summed E-state index contributed by atoms with van der Waals surface area (Å²) in [5, 5.41) is 9.65. The summed E-state index contributed by atoms with van der Waals surface area (Å²) in [5.74, 6) is -0.650. The molecule has 5 heteroatoms. The Balaban J connectivity index is 3.68. The van der Waals surface area contributed by atoms with E-state index in [9.17, 15) is 14.7 Å². The Morgan fingerprint density at radius 3 is 0.871 bits per heavy atom. The number of carbonyl (C=O) groups is 2. The second-order valence-corrected chi connectivity index (χ2v) is 17.5. The highest BCUT2D eigenvalue weighted by atomic mass is 16.6. The lowest BCUT2D eigenvalue weighted by molar-refractivity contribution is -0.161. The van der Waals surface area contributed by atoms with E-state index in [0.717, 1.165) is 141 Å². The number of ether oxygens (including phenoxy) is 2. The minimum absolute atomic E-state index is 0.0952. The van der Waals surface area contributed by atoms with Crippen molar-refractivity contribution in [2.45, 2.75) is 213 Å². The molecular formula is C65H100O5. The van der Waals surface area contributed by atoms with E-state index >= 15 is 0 Å². The Bertz CT molecular complexity index is 1600. The smallest absolute Gasteiger partial charge is 0.306 e. The van der Waals surface area contributed by atoms with Crippen molar-refractivity contribution < 1.29 is 24.2 Å². The maximum absolute atomic E-state index is 12.3. The number of carbonyl (C=O) groups excluding carboxylic acids is 2. The molecule has 0 aliphatic heterocycles. The number of unbranched alkanes of at least 4 members (excludes halogenated alkanes) is 12. The summed E-state index contributed by atoms with van der Waals surface area (Å²) in [6.07, 6.45) is 91.6. The third kappa shape index (κ3) is 55.9. The van der Waals surface area contributed by atoms with Crippen LogP contribution in [-0.4, -0.2) is 36.4 Å². The summed E-state index contributed by atoms with van der Waals surface area (Å²) in [4.78, 5) is 24.5. The fourth-order valence-corrected chi connectivity index (χ4v) is 6.93. The van der Waals surface area contributed by atoms with Crippen LogP contribution in [0.25, 0.3) is 0 Å². The normalized spacial score (nSPS) is 13.6. The topological polar surface area (TPSA) is 72.8 Å². The van der Waals surface area contributed by atoms with Gasteiger partial charge in [0.25, 0.3) is 0 Å². The SMILES string of the molecule is CC/C=C\C/C=C\C/C=C\C/C=C\C/C=C\C/C=C\C/C=C\C/C=C\C/C=C\CCCCCC(=O)OC(CO)COC(=O)CCCCCCCCCCC/C=C\C/C=C\C/C=C\C/C=C\C/C=C\CC. The largest absolute Gasteiger partial charge is 0.462 e. The van der Waals surface area contributed by atoms with Crippen molar-refractivity contribution in [2.24, 2.45) is 0 Å². The van der Waals surface area contributed by atoms with E-state index in [2.05, 4.69) is 184 Å². The van der Waals surface area contributed by atoms with E-state index in [4.69, 9.17) is 9.47 Å². The van der Waals surface area contributed by atoms with E-state index in [-0.39, 0.29) is 25.2 Å². The van der Waals surface area contributed by atoms with Crippen LogP contribution in [0.2, 0.25) is 0 Å². The average molecular weight is 962 g/mol. The van der Waals surface area contributed by atoms with Gasteiger partial charge in [-0.05, 0) is 128 Å². The van der Waals surface area contributed by atoms with E-state index in [0.29, 0.717) is 12.8 Å². The molecule has 0 rings (SSSR count). The molecule has 0 aromatic rings. The lowest BCUT2D eigenvalue weighted by Gasteiger charge is -2.15. The lowest BCUT2D eigenvalue weighted by Crippen LogP contribution is -2.28. The summed E-state index contributed by atoms with van der Waals surface area (Å²) in [6, 6.07) is 0. The first-order valence-corrected chi connectivity index (χ1v) is 27.7. The van der Waals surface area contributed by atoms with Gasteiger partial charge in [0.15, 0.2) is 6.10 Å². The molecule has 5 nitrogen and oxygen atoms in total. The Morgan fingerprint density at radius 1 is 0.329 bits per heavy atom. The van der Waals surface area contributed by atoms with Crippen molar-refractivity contribution >= 4 is 11.9 Å². The summed E-state index contributed by atoms with van der Waals surface area (Å²) < 4.78 is 10.7. The van der Waals surface area contributed by atoms with Gasteiger partial charge < -0.3 is 14.6 Å².